The maximum atomic E-state index is 13.0. The molecule has 1 aromatic heterocycles. The van der Waals surface area contributed by atoms with Crippen LogP contribution < -0.4 is 5.56 Å². The van der Waals surface area contributed by atoms with Gasteiger partial charge in [0.05, 0.1) is 0 Å². The smallest absolute Gasteiger partial charge is 0.315 e. The molecule has 6 heteroatoms. The van der Waals surface area contributed by atoms with Crippen LogP contribution in [0.1, 0.15) is 74.6 Å². The lowest BCUT2D eigenvalue weighted by molar-refractivity contribution is 0.0473. The lowest BCUT2D eigenvalue weighted by Crippen LogP contribution is -2.48. The fourth-order valence-corrected chi connectivity index (χ4v) is 6.68. The van der Waals surface area contributed by atoms with Gasteiger partial charge in [-0.05, 0) is 56.8 Å². The summed E-state index contributed by atoms with van der Waals surface area (Å²) >= 11 is 0. The van der Waals surface area contributed by atoms with Crippen LogP contribution >= 0.6 is 0 Å². The molecule has 176 valence electrons. The minimum atomic E-state index is -0.686. The van der Waals surface area contributed by atoms with Crippen molar-refractivity contribution in [3.8, 4) is 5.75 Å². The molecular formula is C27H35N3O3. The predicted molar refractivity (Wildman–Crippen MR) is 128 cm³/mol. The number of aromatic hydroxyl groups is 1. The molecule has 4 aliphatic rings. The normalized spacial score (nSPS) is 32.5. The minimum Gasteiger partial charge on any atom is -0.501 e. The Balaban J connectivity index is 1.66. The number of fused-ring (bicyclic) bond motifs is 4. The number of carbonyl (C=O) groups excluding carboxylic acids is 1. The Hall–Kier alpha value is -2.63. The molecular weight excluding hydrogens is 414 g/mol. The molecule has 1 N–H and O–H groups in total. The fraction of sp³-hybridized carbons (Fsp3) is 0.593. The lowest BCUT2D eigenvalue weighted by Gasteiger charge is -2.50. The van der Waals surface area contributed by atoms with Crippen molar-refractivity contribution in [3.63, 3.8) is 0 Å². The molecule has 2 bridgehead atoms. The summed E-state index contributed by atoms with van der Waals surface area (Å²) in [6.45, 7) is 2.54. The first-order chi connectivity index (χ1) is 15.9. The monoisotopic (exact) mass is 449 g/mol. The average Bonchev–Trinajstić information content (AvgIpc) is 2.76. The van der Waals surface area contributed by atoms with E-state index in [1.165, 1.54) is 37.7 Å². The second kappa shape index (κ2) is 8.62. The van der Waals surface area contributed by atoms with Gasteiger partial charge >= 0.3 is 5.56 Å². The maximum absolute atomic E-state index is 13.0. The van der Waals surface area contributed by atoms with Crippen LogP contribution in [0, 0.1) is 17.3 Å². The van der Waals surface area contributed by atoms with E-state index in [4.69, 9.17) is 0 Å². The van der Waals surface area contributed by atoms with Gasteiger partial charge in [-0.25, -0.2) is 0 Å². The van der Waals surface area contributed by atoms with Crippen molar-refractivity contribution < 1.29 is 9.90 Å². The van der Waals surface area contributed by atoms with Crippen molar-refractivity contribution in [1.82, 2.24) is 14.5 Å². The highest BCUT2D eigenvalue weighted by atomic mass is 16.3. The standard InChI is InChI=1S/C27H35N3O3/c1-18-17-30-22(28-25(32)24(31)23(30)26(33)29(18)2)16-27-14-7-6-11-20(27)13-8-10-19-9-4-3-5-12-21(27)15-19/h4-5,9,12,15,18,20-21,31H,3,6-8,10-11,13-14,16-17H2,1-2H3/b9-4?,12-5-,19-15?. The van der Waals surface area contributed by atoms with Crippen LogP contribution in [0.2, 0.25) is 0 Å². The zero-order valence-corrected chi connectivity index (χ0v) is 19.8. The van der Waals surface area contributed by atoms with E-state index in [0.717, 1.165) is 19.3 Å². The maximum Gasteiger partial charge on any atom is 0.315 e. The van der Waals surface area contributed by atoms with Crippen LogP contribution in [0.5, 0.6) is 5.75 Å². The number of carbonyl (C=O) groups is 1. The zero-order valence-electron chi connectivity index (χ0n) is 19.8. The highest BCUT2D eigenvalue weighted by Gasteiger charge is 2.47. The topological polar surface area (TPSA) is 75.4 Å². The first-order valence-corrected chi connectivity index (χ1v) is 12.5. The molecule has 4 atom stereocenters. The van der Waals surface area contributed by atoms with Crippen molar-refractivity contribution in [1.29, 1.82) is 0 Å². The van der Waals surface area contributed by atoms with E-state index < -0.39 is 11.3 Å². The van der Waals surface area contributed by atoms with Gasteiger partial charge in [0.15, 0.2) is 5.69 Å². The van der Waals surface area contributed by atoms with E-state index >= 15 is 0 Å². The summed E-state index contributed by atoms with van der Waals surface area (Å²) in [5.41, 5.74) is 0.802. The summed E-state index contributed by atoms with van der Waals surface area (Å²) in [5.74, 6) is 0.680. The molecule has 0 spiro atoms. The Kier molecular flexibility index (Phi) is 5.79. The van der Waals surface area contributed by atoms with E-state index in [9.17, 15) is 14.7 Å². The average molecular weight is 450 g/mol. The summed E-state index contributed by atoms with van der Waals surface area (Å²) in [4.78, 5) is 31.7. The van der Waals surface area contributed by atoms with E-state index in [0.29, 0.717) is 24.7 Å². The van der Waals surface area contributed by atoms with E-state index in [1.807, 2.05) is 11.5 Å². The fourth-order valence-electron chi connectivity index (χ4n) is 6.68. The number of nitrogens with zero attached hydrogens (tertiary/aromatic N) is 3. The van der Waals surface area contributed by atoms with Crippen molar-refractivity contribution in [2.75, 3.05) is 7.05 Å². The molecule has 0 aromatic carbocycles. The van der Waals surface area contributed by atoms with Crippen LogP contribution in [0.15, 0.2) is 40.7 Å². The second-order valence-corrected chi connectivity index (χ2v) is 10.5. The molecule has 0 saturated heterocycles. The molecule has 4 unspecified atom stereocenters. The van der Waals surface area contributed by atoms with Crippen molar-refractivity contribution in [2.24, 2.45) is 17.3 Å². The number of amides is 1. The summed E-state index contributed by atoms with van der Waals surface area (Å²) in [6, 6.07) is -0.0256. The quantitative estimate of drug-likeness (QED) is 0.680. The molecule has 1 amide bonds. The van der Waals surface area contributed by atoms with Gasteiger partial charge in [-0.15, -0.1) is 0 Å². The molecule has 5 rings (SSSR count). The molecule has 1 fully saturated rings. The summed E-state index contributed by atoms with van der Waals surface area (Å²) in [7, 11) is 1.73. The Morgan fingerprint density at radius 2 is 2.00 bits per heavy atom. The number of hydrogen-bond donors (Lipinski definition) is 1. The zero-order chi connectivity index (χ0) is 23.2. The molecule has 33 heavy (non-hydrogen) atoms. The first-order valence-electron chi connectivity index (χ1n) is 12.5. The Bertz CT molecular complexity index is 1100. The van der Waals surface area contributed by atoms with Crippen molar-refractivity contribution >= 4 is 5.91 Å². The van der Waals surface area contributed by atoms with E-state index in [1.54, 1.807) is 11.9 Å². The second-order valence-electron chi connectivity index (χ2n) is 10.5. The Morgan fingerprint density at radius 3 is 2.85 bits per heavy atom. The van der Waals surface area contributed by atoms with Crippen LogP contribution in [0.25, 0.3) is 0 Å². The highest BCUT2D eigenvalue weighted by molar-refractivity contribution is 5.95. The van der Waals surface area contributed by atoms with Gasteiger partial charge in [0.1, 0.15) is 5.82 Å². The molecule has 1 aromatic rings. The van der Waals surface area contributed by atoms with Crippen LogP contribution in [0.4, 0.5) is 0 Å². The number of rotatable bonds is 2. The molecule has 1 saturated carbocycles. The SMILES string of the molecule is CC1Cn2c(CC34CCCCC3CCCC3=CC4/C=C\CC=C3)nc(=O)c(O)c2C(=O)N1C. The molecule has 0 radical (unpaired) electrons. The largest absolute Gasteiger partial charge is 0.501 e. The van der Waals surface area contributed by atoms with E-state index in [-0.39, 0.29) is 29.0 Å². The van der Waals surface area contributed by atoms with Gasteiger partial charge in [-0.2, -0.15) is 4.98 Å². The van der Waals surface area contributed by atoms with Crippen LogP contribution in [0.3, 0.4) is 0 Å². The third kappa shape index (κ3) is 3.77. The minimum absolute atomic E-state index is 0.0256. The van der Waals surface area contributed by atoms with Gasteiger partial charge in [-0.3, -0.25) is 9.59 Å². The number of likely N-dealkylation sites (N-methyl/N-ethyl adjacent to an activating group) is 1. The van der Waals surface area contributed by atoms with Crippen molar-refractivity contribution in [3.05, 3.63) is 57.8 Å². The Labute approximate surface area is 195 Å². The van der Waals surface area contributed by atoms with E-state index in [2.05, 4.69) is 35.4 Å². The number of hydrogen-bond acceptors (Lipinski definition) is 4. The van der Waals surface area contributed by atoms with Gasteiger partial charge < -0.3 is 14.6 Å². The van der Waals surface area contributed by atoms with Crippen LogP contribution in [-0.2, 0) is 13.0 Å². The molecule has 1 aliphatic heterocycles. The lowest BCUT2D eigenvalue weighted by atomic mass is 9.55. The molecule has 3 aliphatic carbocycles. The third-order valence-electron chi connectivity index (χ3n) is 8.64. The van der Waals surface area contributed by atoms with Gasteiger partial charge in [0.25, 0.3) is 5.91 Å². The summed E-state index contributed by atoms with van der Waals surface area (Å²) in [6.07, 6.45) is 21.5. The number of aromatic nitrogens is 2. The highest BCUT2D eigenvalue weighted by Crippen LogP contribution is 2.53. The molecule has 2 heterocycles. The number of allylic oxidation sites excluding steroid dienone is 6. The first kappa shape index (κ1) is 22.2. The third-order valence-corrected chi connectivity index (χ3v) is 8.64. The van der Waals surface area contributed by atoms with Gasteiger partial charge in [-0.1, -0.05) is 48.8 Å². The Morgan fingerprint density at radius 1 is 1.18 bits per heavy atom. The predicted octanol–water partition coefficient (Wildman–Crippen LogP) is 4.38. The summed E-state index contributed by atoms with van der Waals surface area (Å²) in [5, 5.41) is 10.5. The van der Waals surface area contributed by atoms with Crippen molar-refractivity contribution in [2.45, 2.75) is 77.3 Å². The molecule has 6 nitrogen and oxygen atoms in total. The van der Waals surface area contributed by atoms with Crippen LogP contribution in [-0.4, -0.2) is 38.6 Å². The van der Waals surface area contributed by atoms with Gasteiger partial charge in [0.2, 0.25) is 5.75 Å². The summed E-state index contributed by atoms with van der Waals surface area (Å²) < 4.78 is 1.85. The van der Waals surface area contributed by atoms with Gasteiger partial charge in [0, 0.05) is 32.0 Å².